The van der Waals surface area contributed by atoms with Crippen molar-refractivity contribution in [1.29, 1.82) is 0 Å². The van der Waals surface area contributed by atoms with E-state index in [-0.39, 0.29) is 48.5 Å². The molecule has 24 heavy (non-hydrogen) atoms. The van der Waals surface area contributed by atoms with Gasteiger partial charge in [0, 0.05) is 6.54 Å². The minimum absolute atomic E-state index is 0. The molecule has 0 amide bonds. The molecule has 0 heterocycles. The molecule has 0 saturated heterocycles. The summed E-state index contributed by atoms with van der Waals surface area (Å²) in [5.41, 5.74) is 5.23. The second-order valence-electron chi connectivity index (χ2n) is 6.47. The summed E-state index contributed by atoms with van der Waals surface area (Å²) in [5, 5.41) is 0. The SMILES string of the molecule is CCCCCCCCCCCCCCCCS(=O)(=O)OCCN.[NaH]. The Morgan fingerprint density at radius 3 is 1.46 bits per heavy atom. The van der Waals surface area contributed by atoms with Gasteiger partial charge in [0.25, 0.3) is 10.1 Å². The van der Waals surface area contributed by atoms with E-state index in [0.29, 0.717) is 6.42 Å². The Morgan fingerprint density at radius 1 is 0.708 bits per heavy atom. The molecule has 0 radical (unpaired) electrons. The first kappa shape index (κ1) is 27.1. The van der Waals surface area contributed by atoms with E-state index in [9.17, 15) is 8.42 Å². The van der Waals surface area contributed by atoms with E-state index in [1.165, 1.54) is 70.6 Å². The fourth-order valence-electron chi connectivity index (χ4n) is 2.71. The first-order valence-corrected chi connectivity index (χ1v) is 11.3. The molecule has 0 aromatic carbocycles. The van der Waals surface area contributed by atoms with E-state index in [2.05, 4.69) is 6.92 Å². The molecule has 0 aromatic heterocycles. The van der Waals surface area contributed by atoms with E-state index in [1.54, 1.807) is 0 Å². The van der Waals surface area contributed by atoms with Gasteiger partial charge in [0.2, 0.25) is 0 Å². The van der Waals surface area contributed by atoms with Crippen LogP contribution in [0.4, 0.5) is 0 Å². The standard InChI is InChI=1S/C18H39NO3S.Na.H/c1-2-3-4-5-6-7-8-9-10-11-12-13-14-15-18-23(20,21)22-17-16-19;;/h2-19H2,1H3;;. The Kier molecular flexibility index (Phi) is 22.8. The van der Waals surface area contributed by atoms with Gasteiger partial charge in [-0.15, -0.1) is 0 Å². The fraction of sp³-hybridized carbons (Fsp3) is 1.00. The topological polar surface area (TPSA) is 69.4 Å². The first-order valence-electron chi connectivity index (χ1n) is 9.69. The Balaban J connectivity index is 0. The zero-order chi connectivity index (χ0) is 17.2. The van der Waals surface area contributed by atoms with Gasteiger partial charge in [0.1, 0.15) is 0 Å². The van der Waals surface area contributed by atoms with Crippen LogP contribution in [0.3, 0.4) is 0 Å². The van der Waals surface area contributed by atoms with Crippen molar-refractivity contribution in [2.75, 3.05) is 18.9 Å². The number of nitrogens with two attached hydrogens (primary N) is 1. The summed E-state index contributed by atoms with van der Waals surface area (Å²) in [6.45, 7) is 2.60. The van der Waals surface area contributed by atoms with Crippen molar-refractivity contribution in [2.24, 2.45) is 5.73 Å². The zero-order valence-corrected chi connectivity index (χ0v) is 16.0. The Hall–Kier alpha value is 0.870. The van der Waals surface area contributed by atoms with E-state index in [1.807, 2.05) is 0 Å². The Bertz CT molecular complexity index is 337. The van der Waals surface area contributed by atoms with Crippen molar-refractivity contribution in [3.8, 4) is 0 Å². The van der Waals surface area contributed by atoms with Crippen molar-refractivity contribution in [3.63, 3.8) is 0 Å². The molecule has 0 rings (SSSR count). The maximum absolute atomic E-state index is 11.4. The summed E-state index contributed by atoms with van der Waals surface area (Å²) in [4.78, 5) is 0. The quantitative estimate of drug-likeness (QED) is 0.223. The molecule has 0 atom stereocenters. The first-order chi connectivity index (χ1) is 11.1. The average molecular weight is 374 g/mol. The van der Waals surface area contributed by atoms with Crippen molar-refractivity contribution >= 4 is 39.7 Å². The van der Waals surface area contributed by atoms with Crippen molar-refractivity contribution in [2.45, 2.75) is 96.8 Å². The van der Waals surface area contributed by atoms with Gasteiger partial charge in [-0.1, -0.05) is 90.4 Å². The molecule has 0 aliphatic rings. The average Bonchev–Trinajstić information content (AvgIpc) is 2.53. The summed E-state index contributed by atoms with van der Waals surface area (Å²) in [6.07, 6.45) is 17.7. The van der Waals surface area contributed by atoms with Crippen LogP contribution >= 0.6 is 0 Å². The summed E-state index contributed by atoms with van der Waals surface area (Å²) in [7, 11) is -3.34. The van der Waals surface area contributed by atoms with Crippen LogP contribution in [0.2, 0.25) is 0 Å². The summed E-state index contributed by atoms with van der Waals surface area (Å²) >= 11 is 0. The van der Waals surface area contributed by atoms with Crippen LogP contribution in [-0.2, 0) is 14.3 Å². The van der Waals surface area contributed by atoms with Crippen LogP contribution in [-0.4, -0.2) is 56.9 Å². The molecule has 2 N–H and O–H groups in total. The third-order valence-corrected chi connectivity index (χ3v) is 5.44. The maximum atomic E-state index is 11.4. The third kappa shape index (κ3) is 20.9. The molecule has 142 valence electrons. The van der Waals surface area contributed by atoms with Crippen LogP contribution in [0.1, 0.15) is 96.8 Å². The molecule has 4 nitrogen and oxygen atoms in total. The van der Waals surface area contributed by atoms with Crippen molar-refractivity contribution in [1.82, 2.24) is 0 Å². The zero-order valence-electron chi connectivity index (χ0n) is 15.2. The van der Waals surface area contributed by atoms with Gasteiger partial charge in [-0.3, -0.25) is 4.18 Å². The minimum atomic E-state index is -3.34. The molecule has 6 heteroatoms. The van der Waals surface area contributed by atoms with Gasteiger partial charge < -0.3 is 5.73 Å². The van der Waals surface area contributed by atoms with E-state index in [0.717, 1.165) is 12.8 Å². The molecule has 0 aliphatic carbocycles. The molecule has 0 unspecified atom stereocenters. The summed E-state index contributed by atoms with van der Waals surface area (Å²) in [6, 6.07) is 0. The Labute approximate surface area is 173 Å². The van der Waals surface area contributed by atoms with E-state index in [4.69, 9.17) is 9.92 Å². The second-order valence-corrected chi connectivity index (χ2v) is 8.23. The number of hydrogen-bond acceptors (Lipinski definition) is 4. The monoisotopic (exact) mass is 373 g/mol. The predicted octanol–water partition coefficient (Wildman–Crippen LogP) is 4.12. The normalized spacial score (nSPS) is 11.4. The number of hydrogen-bond donors (Lipinski definition) is 1. The molecular formula is C18H40NNaO3S. The van der Waals surface area contributed by atoms with Crippen LogP contribution < -0.4 is 5.73 Å². The van der Waals surface area contributed by atoms with Gasteiger partial charge in [-0.05, 0) is 6.42 Å². The molecule has 0 aromatic rings. The molecule has 0 spiro atoms. The summed E-state index contributed by atoms with van der Waals surface area (Å²) < 4.78 is 27.6. The van der Waals surface area contributed by atoms with Crippen LogP contribution in [0.25, 0.3) is 0 Å². The fourth-order valence-corrected chi connectivity index (χ4v) is 3.73. The molecule has 0 fully saturated rings. The Morgan fingerprint density at radius 2 is 1.08 bits per heavy atom. The van der Waals surface area contributed by atoms with Crippen molar-refractivity contribution in [3.05, 3.63) is 0 Å². The number of rotatable bonds is 18. The van der Waals surface area contributed by atoms with Gasteiger partial charge in [-0.25, -0.2) is 0 Å². The molecule has 0 aliphatic heterocycles. The second kappa shape index (κ2) is 20.2. The van der Waals surface area contributed by atoms with Crippen molar-refractivity contribution < 1.29 is 12.6 Å². The molecular weight excluding hydrogens is 333 g/mol. The summed E-state index contributed by atoms with van der Waals surface area (Å²) in [5.74, 6) is 0.130. The van der Waals surface area contributed by atoms with Gasteiger partial charge in [-0.2, -0.15) is 8.42 Å². The number of unbranched alkanes of at least 4 members (excludes halogenated alkanes) is 13. The van der Waals surface area contributed by atoms with Crippen LogP contribution in [0.5, 0.6) is 0 Å². The van der Waals surface area contributed by atoms with E-state index < -0.39 is 10.1 Å². The predicted molar refractivity (Wildman–Crippen MR) is 106 cm³/mol. The van der Waals surface area contributed by atoms with Crippen LogP contribution in [0, 0.1) is 0 Å². The van der Waals surface area contributed by atoms with Gasteiger partial charge in [0.15, 0.2) is 0 Å². The third-order valence-electron chi connectivity index (χ3n) is 4.13. The molecule has 0 bridgehead atoms. The van der Waals surface area contributed by atoms with Crippen LogP contribution in [0.15, 0.2) is 0 Å². The van der Waals surface area contributed by atoms with E-state index >= 15 is 0 Å². The van der Waals surface area contributed by atoms with Gasteiger partial charge in [0.05, 0.1) is 12.4 Å². The van der Waals surface area contributed by atoms with Gasteiger partial charge >= 0.3 is 29.6 Å². The molecule has 0 saturated carbocycles.